The lowest BCUT2D eigenvalue weighted by molar-refractivity contribution is -0.145. The highest BCUT2D eigenvalue weighted by atomic mass is 16.5. The number of benzene rings is 2. The Labute approximate surface area is 158 Å². The van der Waals surface area contributed by atoms with E-state index in [1.54, 1.807) is 0 Å². The van der Waals surface area contributed by atoms with Gasteiger partial charge in [-0.15, -0.1) is 0 Å². The fourth-order valence-electron chi connectivity index (χ4n) is 4.27. The van der Waals surface area contributed by atoms with E-state index in [2.05, 4.69) is 0 Å². The fraction of sp³-hybridized carbons (Fsp3) is 0.217. The highest BCUT2D eigenvalue weighted by Crippen LogP contribution is 2.46. The quantitative estimate of drug-likeness (QED) is 0.618. The van der Waals surface area contributed by atoms with Gasteiger partial charge in [-0.3, -0.25) is 4.79 Å². The molecule has 136 valence electrons. The summed E-state index contributed by atoms with van der Waals surface area (Å²) < 4.78 is 5.12. The van der Waals surface area contributed by atoms with Gasteiger partial charge in [-0.1, -0.05) is 72.8 Å². The molecule has 0 aromatic heterocycles. The fourth-order valence-corrected chi connectivity index (χ4v) is 4.27. The Morgan fingerprint density at radius 1 is 0.926 bits per heavy atom. The molecule has 0 radical (unpaired) electrons. The van der Waals surface area contributed by atoms with Crippen molar-refractivity contribution in [3.63, 3.8) is 0 Å². The topological polar surface area (TPSA) is 46.6 Å². The van der Waals surface area contributed by atoms with Crippen molar-refractivity contribution in [3.05, 3.63) is 96.2 Å². The van der Waals surface area contributed by atoms with Crippen molar-refractivity contribution in [3.8, 4) is 0 Å². The van der Waals surface area contributed by atoms with E-state index in [0.717, 1.165) is 5.56 Å². The maximum absolute atomic E-state index is 13.5. The highest BCUT2D eigenvalue weighted by molar-refractivity contribution is 6.00. The molecule has 4 atom stereocenters. The van der Waals surface area contributed by atoms with E-state index in [1.807, 2.05) is 90.0 Å². The normalized spacial score (nSPS) is 25.9. The number of ketones is 1. The standard InChI is InChI=1S/C23H21NO3/c1-27-23(26)21-19(16-10-4-2-5-11-16)20(18-14-8-9-15-24(18)21)22(25)17-12-6-3-7-13-17/h2-15,18-21H,1H3. The first-order valence-corrected chi connectivity index (χ1v) is 9.07. The van der Waals surface area contributed by atoms with E-state index < -0.39 is 6.04 Å². The first kappa shape index (κ1) is 17.3. The molecule has 4 unspecified atom stereocenters. The number of ether oxygens (including phenoxy) is 1. The Balaban J connectivity index is 1.85. The van der Waals surface area contributed by atoms with Crippen LogP contribution >= 0.6 is 0 Å². The number of carbonyl (C=O) groups excluding carboxylic acids is 2. The number of esters is 1. The third-order valence-electron chi connectivity index (χ3n) is 5.43. The summed E-state index contributed by atoms with van der Waals surface area (Å²) >= 11 is 0. The summed E-state index contributed by atoms with van der Waals surface area (Å²) in [5.41, 5.74) is 1.63. The van der Waals surface area contributed by atoms with Crippen molar-refractivity contribution in [2.24, 2.45) is 5.92 Å². The van der Waals surface area contributed by atoms with Crippen molar-refractivity contribution < 1.29 is 14.3 Å². The molecule has 0 amide bonds. The smallest absolute Gasteiger partial charge is 0.329 e. The first-order valence-electron chi connectivity index (χ1n) is 9.07. The number of Topliss-reactive ketones (excluding diaryl/α,β-unsaturated/α-hetero) is 1. The van der Waals surface area contributed by atoms with Crippen LogP contribution in [0.25, 0.3) is 0 Å². The van der Waals surface area contributed by atoms with Gasteiger partial charge in [-0.2, -0.15) is 0 Å². The van der Waals surface area contributed by atoms with Crippen LogP contribution in [0, 0.1) is 5.92 Å². The molecule has 2 heterocycles. The third kappa shape index (κ3) is 2.97. The maximum Gasteiger partial charge on any atom is 0.329 e. The molecule has 2 aliphatic heterocycles. The zero-order valence-corrected chi connectivity index (χ0v) is 15.1. The van der Waals surface area contributed by atoms with Gasteiger partial charge in [0.1, 0.15) is 6.04 Å². The number of hydrogen-bond acceptors (Lipinski definition) is 4. The Bertz CT molecular complexity index is 888. The van der Waals surface area contributed by atoms with Crippen molar-refractivity contribution in [1.29, 1.82) is 0 Å². The van der Waals surface area contributed by atoms with Crippen LogP contribution in [-0.2, 0) is 9.53 Å². The largest absolute Gasteiger partial charge is 0.467 e. The van der Waals surface area contributed by atoms with E-state index in [1.165, 1.54) is 7.11 Å². The van der Waals surface area contributed by atoms with Crippen LogP contribution in [0.3, 0.4) is 0 Å². The van der Waals surface area contributed by atoms with Gasteiger partial charge in [0.05, 0.1) is 19.1 Å². The highest BCUT2D eigenvalue weighted by Gasteiger charge is 2.54. The van der Waals surface area contributed by atoms with Gasteiger partial charge in [0, 0.05) is 17.7 Å². The van der Waals surface area contributed by atoms with E-state index in [9.17, 15) is 9.59 Å². The van der Waals surface area contributed by atoms with E-state index in [4.69, 9.17) is 4.74 Å². The molecule has 4 rings (SSSR count). The molecule has 1 saturated heterocycles. The Morgan fingerprint density at radius 3 is 2.26 bits per heavy atom. The van der Waals surface area contributed by atoms with Crippen LogP contribution in [0.1, 0.15) is 21.8 Å². The molecule has 4 heteroatoms. The summed E-state index contributed by atoms with van der Waals surface area (Å²) in [4.78, 5) is 28.2. The lowest BCUT2D eigenvalue weighted by atomic mass is 9.77. The molecule has 4 nitrogen and oxygen atoms in total. The molecule has 2 aromatic carbocycles. The van der Waals surface area contributed by atoms with Crippen molar-refractivity contribution >= 4 is 11.8 Å². The minimum absolute atomic E-state index is 0.0470. The van der Waals surface area contributed by atoms with E-state index in [-0.39, 0.29) is 29.6 Å². The molecular weight excluding hydrogens is 338 g/mol. The molecule has 0 saturated carbocycles. The van der Waals surface area contributed by atoms with Crippen LogP contribution in [-0.4, -0.2) is 35.8 Å². The molecule has 1 fully saturated rings. The van der Waals surface area contributed by atoms with E-state index >= 15 is 0 Å². The van der Waals surface area contributed by atoms with Gasteiger partial charge >= 0.3 is 5.97 Å². The van der Waals surface area contributed by atoms with Crippen molar-refractivity contribution in [2.45, 2.75) is 18.0 Å². The summed E-state index contributed by atoms with van der Waals surface area (Å²) in [6.45, 7) is 0. The Kier molecular flexibility index (Phi) is 4.63. The van der Waals surface area contributed by atoms with Crippen LogP contribution < -0.4 is 0 Å². The van der Waals surface area contributed by atoms with Crippen molar-refractivity contribution in [2.75, 3.05) is 7.11 Å². The second kappa shape index (κ2) is 7.23. The van der Waals surface area contributed by atoms with Gasteiger partial charge in [-0.05, 0) is 11.6 Å². The maximum atomic E-state index is 13.5. The SMILES string of the molecule is COC(=O)C1C(c2ccccc2)C(C(=O)c2ccccc2)C2C=CC=CN21. The molecule has 0 N–H and O–H groups in total. The Morgan fingerprint density at radius 2 is 1.59 bits per heavy atom. The number of nitrogens with zero attached hydrogens (tertiary/aromatic N) is 1. The number of hydrogen-bond donors (Lipinski definition) is 0. The van der Waals surface area contributed by atoms with Crippen molar-refractivity contribution in [1.82, 2.24) is 4.90 Å². The average molecular weight is 359 g/mol. The molecule has 0 aliphatic carbocycles. The Hall–Kier alpha value is -3.14. The summed E-state index contributed by atoms with van der Waals surface area (Å²) in [6, 6.07) is 18.4. The second-order valence-electron chi connectivity index (χ2n) is 6.82. The van der Waals surface area contributed by atoms with Crippen LogP contribution in [0.4, 0.5) is 0 Å². The third-order valence-corrected chi connectivity index (χ3v) is 5.43. The van der Waals surface area contributed by atoms with Gasteiger partial charge in [-0.25, -0.2) is 4.79 Å². The molecular formula is C23H21NO3. The minimum atomic E-state index is -0.540. The van der Waals surface area contributed by atoms with Gasteiger partial charge in [0.25, 0.3) is 0 Å². The van der Waals surface area contributed by atoms with Gasteiger partial charge in [0.15, 0.2) is 5.78 Å². The van der Waals surface area contributed by atoms with Gasteiger partial charge < -0.3 is 9.64 Å². The van der Waals surface area contributed by atoms with Gasteiger partial charge in [0.2, 0.25) is 0 Å². The lowest BCUT2D eigenvalue weighted by Crippen LogP contribution is -2.39. The average Bonchev–Trinajstić information content (AvgIpc) is 3.09. The molecule has 2 aromatic rings. The second-order valence-corrected chi connectivity index (χ2v) is 6.82. The number of rotatable bonds is 4. The number of fused-ring (bicyclic) bond motifs is 1. The monoisotopic (exact) mass is 359 g/mol. The zero-order chi connectivity index (χ0) is 18.8. The lowest BCUT2D eigenvalue weighted by Gasteiger charge is -2.28. The molecule has 2 aliphatic rings. The molecule has 0 spiro atoms. The van der Waals surface area contributed by atoms with Crippen LogP contribution in [0.5, 0.6) is 0 Å². The summed E-state index contributed by atoms with van der Waals surface area (Å²) in [7, 11) is 1.40. The summed E-state index contributed by atoms with van der Waals surface area (Å²) in [5.74, 6) is -0.938. The van der Waals surface area contributed by atoms with Crippen LogP contribution in [0.15, 0.2) is 85.1 Å². The number of allylic oxidation sites excluding steroid dienone is 2. The first-order chi connectivity index (χ1) is 13.2. The zero-order valence-electron chi connectivity index (χ0n) is 15.1. The number of carbonyl (C=O) groups is 2. The van der Waals surface area contributed by atoms with Crippen LogP contribution in [0.2, 0.25) is 0 Å². The minimum Gasteiger partial charge on any atom is -0.467 e. The molecule has 27 heavy (non-hydrogen) atoms. The predicted molar refractivity (Wildman–Crippen MR) is 103 cm³/mol. The molecule has 0 bridgehead atoms. The predicted octanol–water partition coefficient (Wildman–Crippen LogP) is 3.58. The van der Waals surface area contributed by atoms with E-state index in [0.29, 0.717) is 5.56 Å². The summed E-state index contributed by atoms with van der Waals surface area (Å²) in [6.07, 6.45) is 7.73. The number of methoxy groups -OCH3 is 1. The summed E-state index contributed by atoms with van der Waals surface area (Å²) in [5, 5.41) is 0.